The highest BCUT2D eigenvalue weighted by molar-refractivity contribution is 9.10. The van der Waals surface area contributed by atoms with Crippen LogP contribution in [-0.4, -0.2) is 14.7 Å². The topological polar surface area (TPSA) is 58.2 Å². The molecule has 0 aromatic heterocycles. The molecule has 0 aliphatic carbocycles. The van der Waals surface area contributed by atoms with Crippen LogP contribution in [-0.2, 0) is 16.6 Å². The van der Waals surface area contributed by atoms with E-state index >= 15 is 0 Å². The molecule has 7 heteroatoms. The van der Waals surface area contributed by atoms with E-state index in [1.54, 1.807) is 36.4 Å². The lowest BCUT2D eigenvalue weighted by atomic mass is 10.2. The van der Waals surface area contributed by atoms with Gasteiger partial charge in [-0.2, -0.15) is 0 Å². The van der Waals surface area contributed by atoms with Crippen molar-refractivity contribution >= 4 is 37.3 Å². The molecule has 0 heterocycles. The molecule has 112 valence electrons. The Morgan fingerprint density at radius 1 is 1.14 bits per heavy atom. The van der Waals surface area contributed by atoms with Crippen molar-refractivity contribution in [1.29, 1.82) is 0 Å². The summed E-state index contributed by atoms with van der Waals surface area (Å²) in [4.78, 5) is 0. The van der Waals surface area contributed by atoms with E-state index in [1.165, 1.54) is 6.07 Å². The van der Waals surface area contributed by atoms with E-state index in [0.29, 0.717) is 23.5 Å². The number of benzene rings is 2. The van der Waals surface area contributed by atoms with Gasteiger partial charge in [-0.3, -0.25) is 4.72 Å². The summed E-state index contributed by atoms with van der Waals surface area (Å²) in [5, 5.41) is 3.06. The van der Waals surface area contributed by atoms with E-state index < -0.39 is 10.0 Å². The highest BCUT2D eigenvalue weighted by Gasteiger charge is 2.05. The summed E-state index contributed by atoms with van der Waals surface area (Å²) in [6, 6.07) is 11.5. The van der Waals surface area contributed by atoms with Gasteiger partial charge in [-0.05, 0) is 36.4 Å². The Morgan fingerprint density at radius 2 is 1.86 bits per heavy atom. The predicted molar refractivity (Wildman–Crippen MR) is 86.3 cm³/mol. The van der Waals surface area contributed by atoms with Crippen LogP contribution in [0.2, 0.25) is 0 Å². The summed E-state index contributed by atoms with van der Waals surface area (Å²) in [6.45, 7) is 0.299. The van der Waals surface area contributed by atoms with Crippen molar-refractivity contribution in [3.05, 3.63) is 58.3 Å². The SMILES string of the molecule is CS(=O)(=O)Nc1cccc(NCc2cc(Br)ccc2F)c1. The molecule has 2 aromatic rings. The minimum absolute atomic E-state index is 0.295. The second-order valence-electron chi connectivity index (χ2n) is 4.54. The molecule has 0 unspecified atom stereocenters. The van der Waals surface area contributed by atoms with Gasteiger partial charge in [0.2, 0.25) is 10.0 Å². The van der Waals surface area contributed by atoms with Crippen molar-refractivity contribution < 1.29 is 12.8 Å². The first-order chi connectivity index (χ1) is 9.83. The number of halogens is 2. The Bertz CT molecular complexity index is 750. The average Bonchev–Trinajstić information content (AvgIpc) is 2.38. The van der Waals surface area contributed by atoms with Crippen LogP contribution >= 0.6 is 15.9 Å². The van der Waals surface area contributed by atoms with E-state index in [-0.39, 0.29) is 5.82 Å². The van der Waals surface area contributed by atoms with Crippen molar-refractivity contribution in [1.82, 2.24) is 0 Å². The standard InChI is InChI=1S/C14H14BrFN2O2S/c1-21(19,20)18-13-4-2-3-12(8-13)17-9-10-7-11(15)5-6-14(10)16/h2-8,17-18H,9H2,1H3. The van der Waals surface area contributed by atoms with E-state index in [9.17, 15) is 12.8 Å². The maximum Gasteiger partial charge on any atom is 0.229 e. The molecule has 0 atom stereocenters. The number of nitrogens with one attached hydrogen (secondary N) is 2. The molecule has 2 rings (SSSR count). The normalized spacial score (nSPS) is 11.2. The third kappa shape index (κ3) is 5.02. The molecule has 0 saturated carbocycles. The third-order valence-electron chi connectivity index (χ3n) is 2.66. The van der Waals surface area contributed by atoms with E-state index in [0.717, 1.165) is 10.7 Å². The Balaban J connectivity index is 2.10. The van der Waals surface area contributed by atoms with Gasteiger partial charge >= 0.3 is 0 Å². The molecule has 0 amide bonds. The van der Waals surface area contributed by atoms with Gasteiger partial charge in [-0.1, -0.05) is 22.0 Å². The molecule has 0 aliphatic rings. The lowest BCUT2D eigenvalue weighted by molar-refractivity contribution is 0.606. The quantitative estimate of drug-likeness (QED) is 0.843. The summed E-state index contributed by atoms with van der Waals surface area (Å²) < 4.78 is 39.2. The van der Waals surface area contributed by atoms with Crippen molar-refractivity contribution in [2.24, 2.45) is 0 Å². The number of rotatable bonds is 5. The zero-order valence-corrected chi connectivity index (χ0v) is 13.6. The van der Waals surface area contributed by atoms with Crippen molar-refractivity contribution in [2.45, 2.75) is 6.54 Å². The van der Waals surface area contributed by atoms with Gasteiger partial charge in [-0.15, -0.1) is 0 Å². The van der Waals surface area contributed by atoms with Crippen molar-refractivity contribution in [2.75, 3.05) is 16.3 Å². The van der Waals surface area contributed by atoms with E-state index in [4.69, 9.17) is 0 Å². The molecule has 2 aromatic carbocycles. The zero-order valence-electron chi connectivity index (χ0n) is 11.2. The largest absolute Gasteiger partial charge is 0.381 e. The smallest absolute Gasteiger partial charge is 0.229 e. The summed E-state index contributed by atoms with van der Waals surface area (Å²) >= 11 is 3.30. The molecule has 0 aliphatic heterocycles. The first-order valence-electron chi connectivity index (χ1n) is 6.09. The van der Waals surface area contributed by atoms with Crippen molar-refractivity contribution in [3.63, 3.8) is 0 Å². The Kier molecular flexibility index (Phi) is 4.84. The van der Waals surface area contributed by atoms with E-state index in [1.807, 2.05) is 0 Å². The maximum absolute atomic E-state index is 13.6. The summed E-state index contributed by atoms with van der Waals surface area (Å²) in [5.74, 6) is -0.295. The lowest BCUT2D eigenvalue weighted by Crippen LogP contribution is -2.09. The van der Waals surface area contributed by atoms with Crippen LogP contribution in [0.3, 0.4) is 0 Å². The van der Waals surface area contributed by atoms with Gasteiger partial charge in [0.15, 0.2) is 0 Å². The Morgan fingerprint density at radius 3 is 2.57 bits per heavy atom. The van der Waals surface area contributed by atoms with Gasteiger partial charge < -0.3 is 5.32 Å². The van der Waals surface area contributed by atoms with Crippen LogP contribution in [0.4, 0.5) is 15.8 Å². The van der Waals surface area contributed by atoms with Gasteiger partial charge in [0, 0.05) is 22.3 Å². The van der Waals surface area contributed by atoms with Gasteiger partial charge in [0.05, 0.1) is 11.9 Å². The molecular formula is C14H14BrFN2O2S. The molecule has 0 bridgehead atoms. The molecule has 2 N–H and O–H groups in total. The second-order valence-corrected chi connectivity index (χ2v) is 7.21. The number of hydrogen-bond donors (Lipinski definition) is 2. The summed E-state index contributed by atoms with van der Waals surface area (Å²) in [6.07, 6.45) is 1.09. The average molecular weight is 373 g/mol. The minimum Gasteiger partial charge on any atom is -0.381 e. The summed E-state index contributed by atoms with van der Waals surface area (Å²) in [7, 11) is -3.32. The molecule has 0 fully saturated rings. The molecule has 0 saturated heterocycles. The molecule has 21 heavy (non-hydrogen) atoms. The second kappa shape index (κ2) is 6.44. The van der Waals surface area contributed by atoms with Crippen LogP contribution in [0.25, 0.3) is 0 Å². The third-order valence-corrected chi connectivity index (χ3v) is 3.76. The number of anilines is 2. The zero-order chi connectivity index (χ0) is 15.5. The highest BCUT2D eigenvalue weighted by Crippen LogP contribution is 2.19. The van der Waals surface area contributed by atoms with Gasteiger partial charge in [-0.25, -0.2) is 12.8 Å². The van der Waals surface area contributed by atoms with Gasteiger partial charge in [0.1, 0.15) is 5.82 Å². The van der Waals surface area contributed by atoms with Crippen molar-refractivity contribution in [3.8, 4) is 0 Å². The summed E-state index contributed by atoms with van der Waals surface area (Å²) in [5.41, 5.74) is 1.67. The van der Waals surface area contributed by atoms with Gasteiger partial charge in [0.25, 0.3) is 0 Å². The molecule has 4 nitrogen and oxygen atoms in total. The first kappa shape index (κ1) is 15.8. The van der Waals surface area contributed by atoms with Crippen LogP contribution in [0.1, 0.15) is 5.56 Å². The monoisotopic (exact) mass is 372 g/mol. The van der Waals surface area contributed by atoms with Crippen LogP contribution in [0.5, 0.6) is 0 Å². The highest BCUT2D eigenvalue weighted by atomic mass is 79.9. The molecule has 0 spiro atoms. The molecular weight excluding hydrogens is 359 g/mol. The Hall–Kier alpha value is -1.60. The fourth-order valence-corrected chi connectivity index (χ4v) is 2.75. The predicted octanol–water partition coefficient (Wildman–Crippen LogP) is 3.57. The van der Waals surface area contributed by atoms with Crippen LogP contribution in [0, 0.1) is 5.82 Å². The Labute approximate surface area is 131 Å². The first-order valence-corrected chi connectivity index (χ1v) is 8.77. The number of hydrogen-bond acceptors (Lipinski definition) is 3. The fourth-order valence-electron chi connectivity index (χ4n) is 1.78. The minimum atomic E-state index is -3.32. The maximum atomic E-state index is 13.6. The van der Waals surface area contributed by atoms with Crippen LogP contribution < -0.4 is 10.0 Å². The molecule has 0 radical (unpaired) electrons. The lowest BCUT2D eigenvalue weighted by Gasteiger charge is -2.10. The fraction of sp³-hybridized carbons (Fsp3) is 0.143. The number of sulfonamides is 1. The van der Waals surface area contributed by atoms with Crippen LogP contribution in [0.15, 0.2) is 46.9 Å². The van der Waals surface area contributed by atoms with E-state index in [2.05, 4.69) is 26.0 Å².